The molecule has 0 aliphatic rings. The smallest absolute Gasteiger partial charge is 0.294 e. The Morgan fingerprint density at radius 1 is 0.828 bits per heavy atom. The Hall–Kier alpha value is -2.05. The van der Waals surface area contributed by atoms with Gasteiger partial charge in [0.25, 0.3) is 10.1 Å². The van der Waals surface area contributed by atoms with E-state index in [2.05, 4.69) is 6.92 Å². The maximum absolute atomic E-state index is 11.1. The lowest BCUT2D eigenvalue weighted by Crippen LogP contribution is -1.98. The molecule has 2 aromatic carbocycles. The molecule has 2 rings (SSSR count). The van der Waals surface area contributed by atoms with Crippen LogP contribution < -0.4 is 4.74 Å². The lowest BCUT2D eigenvalue weighted by atomic mass is 10.0. The number of unbranched alkanes of at least 4 members (excludes halogenated alkanes) is 8. The van der Waals surface area contributed by atoms with Crippen molar-refractivity contribution in [3.8, 4) is 17.2 Å². The SMILES string of the molecule is CCCCCCCCCCCc1cc(O)ccc1Oc1ccc(S(=O)(=O)O)cc1. The number of hydrogen-bond donors (Lipinski definition) is 2. The first-order valence-electron chi connectivity index (χ1n) is 10.5. The summed E-state index contributed by atoms with van der Waals surface area (Å²) in [5.74, 6) is 1.31. The van der Waals surface area contributed by atoms with Gasteiger partial charge in [0.15, 0.2) is 0 Å². The highest BCUT2D eigenvalue weighted by Gasteiger charge is 2.11. The van der Waals surface area contributed by atoms with Crippen LogP contribution in [-0.4, -0.2) is 18.1 Å². The van der Waals surface area contributed by atoms with Crippen molar-refractivity contribution in [2.75, 3.05) is 0 Å². The molecule has 160 valence electrons. The van der Waals surface area contributed by atoms with Gasteiger partial charge in [-0.3, -0.25) is 4.55 Å². The number of phenolic OH excluding ortho intramolecular Hbond substituents is 1. The fourth-order valence-corrected chi connectivity index (χ4v) is 3.77. The summed E-state index contributed by atoms with van der Waals surface area (Å²) in [5, 5.41) is 9.82. The van der Waals surface area contributed by atoms with Crippen LogP contribution in [0.4, 0.5) is 0 Å². The Labute approximate surface area is 174 Å². The Morgan fingerprint density at radius 2 is 1.41 bits per heavy atom. The van der Waals surface area contributed by atoms with Gasteiger partial charge in [0, 0.05) is 0 Å². The minimum atomic E-state index is -4.22. The molecule has 2 aromatic rings. The van der Waals surface area contributed by atoms with E-state index in [-0.39, 0.29) is 10.6 Å². The van der Waals surface area contributed by atoms with Crippen molar-refractivity contribution in [3.63, 3.8) is 0 Å². The van der Waals surface area contributed by atoms with Crippen LogP contribution in [-0.2, 0) is 16.5 Å². The van der Waals surface area contributed by atoms with E-state index >= 15 is 0 Å². The molecule has 0 aliphatic heterocycles. The summed E-state index contributed by atoms with van der Waals surface area (Å²) in [7, 11) is -4.22. The van der Waals surface area contributed by atoms with Gasteiger partial charge < -0.3 is 9.84 Å². The van der Waals surface area contributed by atoms with E-state index in [1.165, 1.54) is 69.2 Å². The molecule has 2 N–H and O–H groups in total. The standard InChI is InChI=1S/C23H32O5S/c1-2-3-4-5-6-7-8-9-10-11-19-18-20(24)12-17-23(19)28-21-13-15-22(16-14-21)29(25,26)27/h12-18,24H,2-11H2,1H3,(H,25,26,27). The predicted molar refractivity (Wildman–Crippen MR) is 115 cm³/mol. The average Bonchev–Trinajstić information content (AvgIpc) is 2.68. The zero-order valence-corrected chi connectivity index (χ0v) is 18.0. The number of aryl methyl sites for hydroxylation is 1. The van der Waals surface area contributed by atoms with Gasteiger partial charge in [-0.05, 0) is 60.9 Å². The molecule has 5 nitrogen and oxygen atoms in total. The van der Waals surface area contributed by atoms with Gasteiger partial charge in [-0.25, -0.2) is 0 Å². The highest BCUT2D eigenvalue weighted by atomic mass is 32.2. The van der Waals surface area contributed by atoms with Gasteiger partial charge in [0.1, 0.15) is 17.2 Å². The zero-order valence-electron chi connectivity index (χ0n) is 17.1. The van der Waals surface area contributed by atoms with Crippen LogP contribution >= 0.6 is 0 Å². The van der Waals surface area contributed by atoms with Crippen molar-refractivity contribution >= 4 is 10.1 Å². The van der Waals surface area contributed by atoms with Crippen molar-refractivity contribution in [3.05, 3.63) is 48.0 Å². The first kappa shape index (κ1) is 23.2. The van der Waals surface area contributed by atoms with Crippen molar-refractivity contribution in [2.24, 2.45) is 0 Å². The molecular formula is C23H32O5S. The lowest BCUT2D eigenvalue weighted by molar-refractivity contribution is 0.457. The Bertz CT molecular complexity index is 844. The summed E-state index contributed by atoms with van der Waals surface area (Å²) in [6.07, 6.45) is 12.1. The molecule has 0 bridgehead atoms. The topological polar surface area (TPSA) is 83.8 Å². The Morgan fingerprint density at radius 3 is 2.00 bits per heavy atom. The third kappa shape index (κ3) is 8.46. The van der Waals surface area contributed by atoms with Crippen molar-refractivity contribution < 1.29 is 22.8 Å². The van der Waals surface area contributed by atoms with E-state index in [1.54, 1.807) is 18.2 Å². The summed E-state index contributed by atoms with van der Waals surface area (Å²) in [6, 6.07) is 10.6. The molecule has 6 heteroatoms. The number of ether oxygens (including phenoxy) is 1. The summed E-state index contributed by atoms with van der Waals surface area (Å²) in [6.45, 7) is 2.23. The Kier molecular flexibility index (Phi) is 9.48. The van der Waals surface area contributed by atoms with Crippen LogP contribution in [0.3, 0.4) is 0 Å². The van der Waals surface area contributed by atoms with Crippen molar-refractivity contribution in [1.82, 2.24) is 0 Å². The first-order valence-corrected chi connectivity index (χ1v) is 11.9. The zero-order chi connectivity index (χ0) is 21.1. The second kappa shape index (κ2) is 11.8. The van der Waals surface area contributed by atoms with E-state index in [4.69, 9.17) is 9.29 Å². The van der Waals surface area contributed by atoms with Gasteiger partial charge in [-0.2, -0.15) is 8.42 Å². The van der Waals surface area contributed by atoms with Crippen LogP contribution in [0.1, 0.15) is 70.3 Å². The lowest BCUT2D eigenvalue weighted by Gasteiger charge is -2.12. The van der Waals surface area contributed by atoms with Crippen LogP contribution in [0.25, 0.3) is 0 Å². The maximum Gasteiger partial charge on any atom is 0.294 e. The quantitative estimate of drug-likeness (QED) is 0.285. The van der Waals surface area contributed by atoms with Gasteiger partial charge in [-0.15, -0.1) is 0 Å². The Balaban J connectivity index is 1.86. The molecule has 0 saturated carbocycles. The molecule has 0 spiro atoms. The van der Waals surface area contributed by atoms with Gasteiger partial charge in [-0.1, -0.05) is 58.3 Å². The molecule has 0 heterocycles. The van der Waals surface area contributed by atoms with Crippen molar-refractivity contribution in [2.45, 2.75) is 76.0 Å². The average molecular weight is 421 g/mol. The van der Waals surface area contributed by atoms with E-state index in [1.807, 2.05) is 0 Å². The van der Waals surface area contributed by atoms with E-state index in [0.717, 1.165) is 24.8 Å². The van der Waals surface area contributed by atoms with Crippen LogP contribution in [0.2, 0.25) is 0 Å². The second-order valence-electron chi connectivity index (χ2n) is 7.42. The highest BCUT2D eigenvalue weighted by molar-refractivity contribution is 7.85. The third-order valence-corrected chi connectivity index (χ3v) is 5.81. The van der Waals surface area contributed by atoms with Crippen LogP contribution in [0, 0.1) is 0 Å². The molecule has 0 fully saturated rings. The number of benzene rings is 2. The van der Waals surface area contributed by atoms with E-state index in [9.17, 15) is 13.5 Å². The molecule has 0 saturated heterocycles. The predicted octanol–water partition coefficient (Wildman–Crippen LogP) is 6.50. The maximum atomic E-state index is 11.1. The number of aromatic hydroxyl groups is 1. The molecule has 0 amide bonds. The largest absolute Gasteiger partial charge is 0.508 e. The summed E-state index contributed by atoms with van der Waals surface area (Å²) in [5.41, 5.74) is 0.923. The third-order valence-electron chi connectivity index (χ3n) is 4.94. The van der Waals surface area contributed by atoms with E-state index < -0.39 is 10.1 Å². The number of rotatable bonds is 13. The summed E-state index contributed by atoms with van der Waals surface area (Å²) < 4.78 is 37.2. The summed E-state index contributed by atoms with van der Waals surface area (Å²) >= 11 is 0. The van der Waals surface area contributed by atoms with Gasteiger partial charge in [0.2, 0.25) is 0 Å². The molecule has 0 radical (unpaired) electrons. The van der Waals surface area contributed by atoms with Crippen molar-refractivity contribution in [1.29, 1.82) is 0 Å². The fraction of sp³-hybridized carbons (Fsp3) is 0.478. The molecule has 0 aromatic heterocycles. The fourth-order valence-electron chi connectivity index (χ4n) is 3.29. The van der Waals surface area contributed by atoms with Crippen LogP contribution in [0.15, 0.2) is 47.4 Å². The highest BCUT2D eigenvalue weighted by Crippen LogP contribution is 2.30. The molecule has 0 aliphatic carbocycles. The van der Waals surface area contributed by atoms with Crippen LogP contribution in [0.5, 0.6) is 17.2 Å². The minimum Gasteiger partial charge on any atom is -0.508 e. The number of phenols is 1. The summed E-state index contributed by atoms with van der Waals surface area (Å²) in [4.78, 5) is -0.175. The molecule has 0 atom stereocenters. The normalized spacial score (nSPS) is 11.5. The second-order valence-corrected chi connectivity index (χ2v) is 8.84. The minimum absolute atomic E-state index is 0.175. The molecule has 29 heavy (non-hydrogen) atoms. The monoisotopic (exact) mass is 420 g/mol. The van der Waals surface area contributed by atoms with E-state index in [0.29, 0.717) is 11.5 Å². The first-order chi connectivity index (χ1) is 13.9. The van der Waals surface area contributed by atoms with Gasteiger partial charge in [0.05, 0.1) is 4.90 Å². The molecular weight excluding hydrogens is 388 g/mol. The number of hydrogen-bond acceptors (Lipinski definition) is 4. The molecule has 0 unspecified atom stereocenters. The van der Waals surface area contributed by atoms with Gasteiger partial charge >= 0.3 is 0 Å².